The molecule has 74 valence electrons. The molecule has 3 nitrogen and oxygen atoms in total. The second kappa shape index (κ2) is 4.58. The molecule has 4 heteroatoms. The molecule has 0 aliphatic heterocycles. The number of aromatic nitrogens is 1. The Morgan fingerprint density at radius 1 is 1.46 bits per heavy atom. The van der Waals surface area contributed by atoms with Crippen LogP contribution in [-0.4, -0.2) is 18.6 Å². The van der Waals surface area contributed by atoms with E-state index in [4.69, 9.17) is 5.73 Å². The maximum Gasteiger partial charge on any atom is 0.185 e. The molecule has 0 radical (unpaired) electrons. The Labute approximate surface area is 83.6 Å². The molecule has 0 fully saturated rings. The Morgan fingerprint density at radius 3 is 2.54 bits per heavy atom. The van der Waals surface area contributed by atoms with Crippen LogP contribution in [0.5, 0.6) is 0 Å². The lowest BCUT2D eigenvalue weighted by Crippen LogP contribution is -2.15. The minimum Gasteiger partial charge on any atom is -0.351 e. The van der Waals surface area contributed by atoms with E-state index in [0.29, 0.717) is 6.54 Å². The molecule has 0 saturated carbocycles. The third kappa shape index (κ3) is 2.19. The van der Waals surface area contributed by atoms with E-state index in [1.165, 1.54) is 4.88 Å². The van der Waals surface area contributed by atoms with Gasteiger partial charge in [0.25, 0.3) is 0 Å². The van der Waals surface area contributed by atoms with Crippen molar-refractivity contribution in [1.29, 1.82) is 0 Å². The number of anilines is 1. The lowest BCUT2D eigenvalue weighted by molar-refractivity contribution is 0.932. The molecule has 1 aromatic heterocycles. The monoisotopic (exact) mass is 199 g/mol. The van der Waals surface area contributed by atoms with E-state index in [0.717, 1.165) is 23.8 Å². The number of hydrogen-bond acceptors (Lipinski definition) is 4. The number of rotatable bonds is 4. The van der Waals surface area contributed by atoms with Crippen molar-refractivity contribution in [3.8, 4) is 0 Å². The second-order valence-electron chi connectivity index (χ2n) is 2.94. The number of nitrogens with zero attached hydrogens (tertiary/aromatic N) is 2. The highest BCUT2D eigenvalue weighted by Crippen LogP contribution is 2.25. The maximum absolute atomic E-state index is 5.63. The van der Waals surface area contributed by atoms with Crippen molar-refractivity contribution in [2.75, 3.05) is 18.5 Å². The van der Waals surface area contributed by atoms with Gasteiger partial charge in [0.15, 0.2) is 5.13 Å². The van der Waals surface area contributed by atoms with Crippen LogP contribution in [0.25, 0.3) is 0 Å². The van der Waals surface area contributed by atoms with Crippen LogP contribution in [0, 0.1) is 0 Å². The summed E-state index contributed by atoms with van der Waals surface area (Å²) in [6.07, 6.45) is 0.973. The van der Waals surface area contributed by atoms with Crippen LogP contribution in [0.1, 0.15) is 24.4 Å². The molecule has 0 amide bonds. The molecule has 0 aliphatic rings. The first-order valence-corrected chi connectivity index (χ1v) is 5.44. The van der Waals surface area contributed by atoms with Gasteiger partial charge >= 0.3 is 0 Å². The van der Waals surface area contributed by atoms with Crippen LogP contribution >= 0.6 is 11.3 Å². The molecule has 0 atom stereocenters. The predicted molar refractivity (Wildman–Crippen MR) is 58.3 cm³/mol. The predicted octanol–water partition coefficient (Wildman–Crippen LogP) is 1.62. The summed E-state index contributed by atoms with van der Waals surface area (Å²) in [6.45, 7) is 5.83. The molecule has 0 aliphatic carbocycles. The maximum atomic E-state index is 5.63. The van der Waals surface area contributed by atoms with Gasteiger partial charge in [0.2, 0.25) is 0 Å². The van der Waals surface area contributed by atoms with Gasteiger partial charge in [-0.1, -0.05) is 6.92 Å². The van der Waals surface area contributed by atoms with Crippen molar-refractivity contribution in [2.24, 2.45) is 5.73 Å². The topological polar surface area (TPSA) is 42.2 Å². The number of hydrogen-bond donors (Lipinski definition) is 1. The number of thiazole rings is 1. The van der Waals surface area contributed by atoms with E-state index >= 15 is 0 Å². The summed E-state index contributed by atoms with van der Waals surface area (Å²) >= 11 is 1.71. The van der Waals surface area contributed by atoms with Crippen LogP contribution in [0.4, 0.5) is 5.13 Å². The average Bonchev–Trinajstić information content (AvgIpc) is 2.59. The molecular weight excluding hydrogens is 182 g/mol. The van der Waals surface area contributed by atoms with E-state index in [1.807, 2.05) is 0 Å². The first kappa shape index (κ1) is 10.5. The highest BCUT2D eigenvalue weighted by atomic mass is 32.1. The average molecular weight is 199 g/mol. The van der Waals surface area contributed by atoms with Gasteiger partial charge in [-0.25, -0.2) is 4.98 Å². The molecule has 13 heavy (non-hydrogen) atoms. The fourth-order valence-corrected chi connectivity index (χ4v) is 2.16. The van der Waals surface area contributed by atoms with E-state index in [-0.39, 0.29) is 0 Å². The summed E-state index contributed by atoms with van der Waals surface area (Å²) in [6, 6.07) is 0. The van der Waals surface area contributed by atoms with Crippen molar-refractivity contribution < 1.29 is 0 Å². The smallest absolute Gasteiger partial charge is 0.185 e. The highest BCUT2D eigenvalue weighted by Gasteiger charge is 2.10. The van der Waals surface area contributed by atoms with Crippen molar-refractivity contribution in [3.63, 3.8) is 0 Å². The fourth-order valence-electron chi connectivity index (χ4n) is 1.10. The molecular formula is C9H17N3S. The molecule has 0 aromatic carbocycles. The van der Waals surface area contributed by atoms with Gasteiger partial charge in [0.1, 0.15) is 0 Å². The van der Waals surface area contributed by atoms with Crippen molar-refractivity contribution >= 4 is 16.5 Å². The Hall–Kier alpha value is -0.610. The van der Waals surface area contributed by atoms with Crippen LogP contribution in [0.15, 0.2) is 0 Å². The zero-order valence-corrected chi connectivity index (χ0v) is 9.32. The first-order valence-electron chi connectivity index (χ1n) is 4.62. The summed E-state index contributed by atoms with van der Waals surface area (Å²) in [7, 11) is 2.05. The standard InChI is InChI=1S/C9H17N3S/c1-4-7-8(6-10)13-9(11-7)12(3)5-2/h4-6,10H2,1-3H3. The van der Waals surface area contributed by atoms with Gasteiger partial charge in [-0.3, -0.25) is 0 Å². The van der Waals surface area contributed by atoms with Crippen LogP contribution in [-0.2, 0) is 13.0 Å². The number of nitrogens with two attached hydrogens (primary N) is 1. The van der Waals surface area contributed by atoms with Crippen molar-refractivity contribution in [1.82, 2.24) is 4.98 Å². The Morgan fingerprint density at radius 2 is 2.15 bits per heavy atom. The van der Waals surface area contributed by atoms with Crippen LogP contribution in [0.3, 0.4) is 0 Å². The largest absolute Gasteiger partial charge is 0.351 e. The molecule has 0 unspecified atom stereocenters. The summed E-state index contributed by atoms with van der Waals surface area (Å²) in [5.41, 5.74) is 6.79. The Kier molecular flexibility index (Phi) is 3.69. The van der Waals surface area contributed by atoms with Gasteiger partial charge < -0.3 is 10.6 Å². The quantitative estimate of drug-likeness (QED) is 0.801. The van der Waals surface area contributed by atoms with Crippen molar-refractivity contribution in [2.45, 2.75) is 26.8 Å². The van der Waals surface area contributed by atoms with Crippen LogP contribution < -0.4 is 10.6 Å². The zero-order valence-electron chi connectivity index (χ0n) is 8.50. The van der Waals surface area contributed by atoms with E-state index < -0.39 is 0 Å². The minimum absolute atomic E-state index is 0.610. The Balaban J connectivity index is 2.92. The van der Waals surface area contributed by atoms with Gasteiger partial charge in [-0.15, -0.1) is 11.3 Å². The molecule has 1 aromatic rings. The normalized spacial score (nSPS) is 10.5. The highest BCUT2D eigenvalue weighted by molar-refractivity contribution is 7.15. The SMILES string of the molecule is CCc1nc(N(C)CC)sc1CN. The summed E-state index contributed by atoms with van der Waals surface area (Å²) in [4.78, 5) is 7.90. The number of aryl methyl sites for hydroxylation is 1. The van der Waals surface area contributed by atoms with Gasteiger partial charge in [-0.05, 0) is 13.3 Å². The first-order chi connectivity index (χ1) is 6.22. The van der Waals surface area contributed by atoms with Crippen LogP contribution in [0.2, 0.25) is 0 Å². The lowest BCUT2D eigenvalue weighted by Gasteiger charge is -2.11. The summed E-state index contributed by atoms with van der Waals surface area (Å²) in [5, 5.41) is 1.08. The minimum atomic E-state index is 0.610. The molecule has 2 N–H and O–H groups in total. The molecule has 0 spiro atoms. The Bertz CT molecular complexity index is 248. The van der Waals surface area contributed by atoms with E-state index in [1.54, 1.807) is 11.3 Å². The molecule has 1 heterocycles. The molecule has 1 rings (SSSR count). The summed E-state index contributed by atoms with van der Waals surface area (Å²) in [5.74, 6) is 0. The second-order valence-corrected chi connectivity index (χ2v) is 4.00. The summed E-state index contributed by atoms with van der Waals surface area (Å²) < 4.78 is 0. The fraction of sp³-hybridized carbons (Fsp3) is 0.667. The zero-order chi connectivity index (χ0) is 9.84. The molecule has 0 saturated heterocycles. The van der Waals surface area contributed by atoms with Gasteiger partial charge in [0, 0.05) is 25.0 Å². The van der Waals surface area contributed by atoms with E-state index in [9.17, 15) is 0 Å². The van der Waals surface area contributed by atoms with E-state index in [2.05, 4.69) is 30.8 Å². The molecule has 0 bridgehead atoms. The van der Waals surface area contributed by atoms with Gasteiger partial charge in [-0.2, -0.15) is 0 Å². The van der Waals surface area contributed by atoms with Gasteiger partial charge in [0.05, 0.1) is 5.69 Å². The third-order valence-corrected chi connectivity index (χ3v) is 3.32. The lowest BCUT2D eigenvalue weighted by atomic mass is 10.3. The van der Waals surface area contributed by atoms with Crippen molar-refractivity contribution in [3.05, 3.63) is 10.6 Å². The third-order valence-electron chi connectivity index (χ3n) is 2.09.